The molecule has 1 aliphatic carbocycles. The number of benzene rings is 2. The van der Waals surface area contributed by atoms with Gasteiger partial charge in [0.15, 0.2) is 0 Å². The minimum Gasteiger partial charge on any atom is -0.496 e. The van der Waals surface area contributed by atoms with Crippen molar-refractivity contribution in [2.24, 2.45) is 0 Å². The van der Waals surface area contributed by atoms with Crippen LogP contribution in [0.15, 0.2) is 42.5 Å². The Morgan fingerprint density at radius 2 is 2.05 bits per heavy atom. The van der Waals surface area contributed by atoms with Gasteiger partial charge in [-0.15, -0.1) is 0 Å². The van der Waals surface area contributed by atoms with Crippen LogP contribution in [0.5, 0.6) is 5.75 Å². The van der Waals surface area contributed by atoms with Crippen LogP contribution in [0.1, 0.15) is 35.6 Å². The molecule has 1 aliphatic rings. The third kappa shape index (κ3) is 3.03. The fourth-order valence-corrected chi connectivity index (χ4v) is 2.98. The predicted molar refractivity (Wildman–Crippen MR) is 84.3 cm³/mol. The van der Waals surface area contributed by atoms with Crippen molar-refractivity contribution >= 4 is 5.69 Å². The minimum absolute atomic E-state index is 0.168. The first-order chi connectivity index (χ1) is 10.3. The highest BCUT2D eigenvalue weighted by molar-refractivity contribution is 5.47. The Kier molecular flexibility index (Phi) is 4.11. The fraction of sp³-hybridized carbons (Fsp3) is 0.333. The summed E-state index contributed by atoms with van der Waals surface area (Å²) in [5.74, 6) is 0.827. The van der Waals surface area contributed by atoms with E-state index in [1.165, 1.54) is 17.5 Å². The van der Waals surface area contributed by atoms with Crippen LogP contribution in [0.25, 0.3) is 0 Å². The molecule has 0 radical (unpaired) electrons. The second kappa shape index (κ2) is 6.19. The fourth-order valence-electron chi connectivity index (χ4n) is 2.98. The van der Waals surface area contributed by atoms with Crippen molar-refractivity contribution in [3.63, 3.8) is 0 Å². The molecule has 0 heterocycles. The summed E-state index contributed by atoms with van der Waals surface area (Å²) in [5, 5.41) is 0. The number of nitrogen functional groups attached to an aromatic ring is 1. The minimum atomic E-state index is 0.168. The molecule has 3 rings (SSSR count). The van der Waals surface area contributed by atoms with E-state index < -0.39 is 0 Å². The Morgan fingerprint density at radius 1 is 1.19 bits per heavy atom. The second-order valence-electron chi connectivity index (χ2n) is 5.46. The second-order valence-corrected chi connectivity index (χ2v) is 5.46. The van der Waals surface area contributed by atoms with Crippen LogP contribution in [0.4, 0.5) is 5.69 Å². The third-order valence-electron chi connectivity index (χ3n) is 4.06. The first kappa shape index (κ1) is 14.0. The molecule has 0 spiro atoms. The van der Waals surface area contributed by atoms with Gasteiger partial charge in [-0.25, -0.2) is 0 Å². The first-order valence-electron chi connectivity index (χ1n) is 7.39. The van der Waals surface area contributed by atoms with Crippen molar-refractivity contribution < 1.29 is 9.47 Å². The molecule has 110 valence electrons. The van der Waals surface area contributed by atoms with E-state index in [9.17, 15) is 0 Å². The summed E-state index contributed by atoms with van der Waals surface area (Å²) in [4.78, 5) is 0. The molecular formula is C18H21NO2. The van der Waals surface area contributed by atoms with Crippen molar-refractivity contribution in [3.8, 4) is 5.75 Å². The molecule has 0 saturated heterocycles. The van der Waals surface area contributed by atoms with Crippen molar-refractivity contribution in [2.45, 2.75) is 32.0 Å². The molecule has 3 nitrogen and oxygen atoms in total. The molecule has 0 fully saturated rings. The van der Waals surface area contributed by atoms with Gasteiger partial charge in [-0.05, 0) is 48.6 Å². The summed E-state index contributed by atoms with van der Waals surface area (Å²) >= 11 is 0. The van der Waals surface area contributed by atoms with Gasteiger partial charge in [-0.1, -0.05) is 24.3 Å². The van der Waals surface area contributed by atoms with Gasteiger partial charge in [-0.2, -0.15) is 0 Å². The van der Waals surface area contributed by atoms with Crippen LogP contribution in [-0.4, -0.2) is 7.11 Å². The molecule has 0 amide bonds. The topological polar surface area (TPSA) is 44.5 Å². The van der Waals surface area contributed by atoms with Crippen molar-refractivity contribution in [1.29, 1.82) is 0 Å². The van der Waals surface area contributed by atoms with E-state index in [0.717, 1.165) is 29.8 Å². The van der Waals surface area contributed by atoms with Crippen molar-refractivity contribution in [3.05, 3.63) is 59.2 Å². The molecule has 0 aromatic heterocycles. The summed E-state index contributed by atoms with van der Waals surface area (Å²) in [6, 6.07) is 14.2. The van der Waals surface area contributed by atoms with Gasteiger partial charge in [-0.3, -0.25) is 0 Å². The molecule has 1 atom stereocenters. The zero-order valence-corrected chi connectivity index (χ0v) is 12.3. The van der Waals surface area contributed by atoms with Gasteiger partial charge in [0.05, 0.1) is 19.8 Å². The Bertz CT molecular complexity index is 624. The molecule has 0 bridgehead atoms. The number of rotatable bonds is 4. The zero-order valence-electron chi connectivity index (χ0n) is 12.3. The number of ether oxygens (including phenoxy) is 2. The number of hydrogen-bond donors (Lipinski definition) is 1. The Morgan fingerprint density at radius 3 is 2.90 bits per heavy atom. The summed E-state index contributed by atoms with van der Waals surface area (Å²) in [6.45, 7) is 0.521. The van der Waals surface area contributed by atoms with Crippen LogP contribution in [0.2, 0.25) is 0 Å². The maximum Gasteiger partial charge on any atom is 0.124 e. The Balaban J connectivity index is 1.76. The van der Waals surface area contributed by atoms with Crippen LogP contribution in [0, 0.1) is 0 Å². The van der Waals surface area contributed by atoms with E-state index in [1.807, 2.05) is 18.2 Å². The van der Waals surface area contributed by atoms with Crippen LogP contribution >= 0.6 is 0 Å². The first-order valence-corrected chi connectivity index (χ1v) is 7.39. The predicted octanol–water partition coefficient (Wildman–Crippen LogP) is 3.87. The monoisotopic (exact) mass is 283 g/mol. The lowest BCUT2D eigenvalue weighted by Crippen LogP contribution is -2.13. The SMILES string of the molecule is COc1ccc(N)cc1COC1CCCc2ccccc21. The zero-order chi connectivity index (χ0) is 14.7. The molecule has 0 aliphatic heterocycles. The lowest BCUT2D eigenvalue weighted by atomic mass is 9.89. The molecule has 2 N–H and O–H groups in total. The summed E-state index contributed by atoms with van der Waals surface area (Å²) < 4.78 is 11.5. The summed E-state index contributed by atoms with van der Waals surface area (Å²) in [6.07, 6.45) is 3.57. The average molecular weight is 283 g/mol. The molecule has 1 unspecified atom stereocenters. The normalized spacial score (nSPS) is 17.3. The average Bonchev–Trinajstić information content (AvgIpc) is 2.53. The molecular weight excluding hydrogens is 262 g/mol. The van der Waals surface area contributed by atoms with E-state index in [2.05, 4.69) is 24.3 Å². The highest BCUT2D eigenvalue weighted by Crippen LogP contribution is 2.34. The van der Waals surface area contributed by atoms with Crippen LogP contribution in [-0.2, 0) is 17.8 Å². The van der Waals surface area contributed by atoms with Crippen molar-refractivity contribution in [2.75, 3.05) is 12.8 Å². The summed E-state index contributed by atoms with van der Waals surface area (Å²) in [5.41, 5.74) is 10.3. The number of methoxy groups -OCH3 is 1. The standard InChI is InChI=1S/C18H21NO2/c1-20-17-10-9-15(19)11-14(17)12-21-18-8-4-6-13-5-2-3-7-16(13)18/h2-3,5,7,9-11,18H,4,6,8,12,19H2,1H3. The molecule has 0 saturated carbocycles. The van der Waals surface area contributed by atoms with Crippen molar-refractivity contribution in [1.82, 2.24) is 0 Å². The maximum absolute atomic E-state index is 6.16. The number of nitrogens with two attached hydrogens (primary N) is 1. The van der Waals surface area contributed by atoms with Gasteiger partial charge < -0.3 is 15.2 Å². The third-order valence-corrected chi connectivity index (χ3v) is 4.06. The summed E-state index contributed by atoms with van der Waals surface area (Å²) in [7, 11) is 1.67. The number of fused-ring (bicyclic) bond motifs is 1. The molecule has 3 heteroatoms. The lowest BCUT2D eigenvalue weighted by Gasteiger charge is -2.26. The van der Waals surface area contributed by atoms with Gasteiger partial charge in [0.1, 0.15) is 5.75 Å². The van der Waals surface area contributed by atoms with Crippen LogP contribution in [0.3, 0.4) is 0 Å². The van der Waals surface area contributed by atoms with Gasteiger partial charge in [0.25, 0.3) is 0 Å². The quantitative estimate of drug-likeness (QED) is 0.866. The highest BCUT2D eigenvalue weighted by atomic mass is 16.5. The number of aryl methyl sites for hydroxylation is 1. The van der Waals surface area contributed by atoms with E-state index in [1.54, 1.807) is 7.11 Å². The highest BCUT2D eigenvalue weighted by Gasteiger charge is 2.20. The van der Waals surface area contributed by atoms with Gasteiger partial charge in [0.2, 0.25) is 0 Å². The Labute approximate surface area is 125 Å². The van der Waals surface area contributed by atoms with E-state index in [0.29, 0.717) is 6.61 Å². The number of hydrogen-bond acceptors (Lipinski definition) is 3. The maximum atomic E-state index is 6.16. The molecule has 2 aromatic rings. The van der Waals surface area contributed by atoms with Gasteiger partial charge >= 0.3 is 0 Å². The largest absolute Gasteiger partial charge is 0.496 e. The lowest BCUT2D eigenvalue weighted by molar-refractivity contribution is 0.0273. The van der Waals surface area contributed by atoms with E-state index >= 15 is 0 Å². The van der Waals surface area contributed by atoms with Gasteiger partial charge in [0, 0.05) is 11.3 Å². The van der Waals surface area contributed by atoms with E-state index in [-0.39, 0.29) is 6.10 Å². The van der Waals surface area contributed by atoms with Crippen LogP contribution < -0.4 is 10.5 Å². The smallest absolute Gasteiger partial charge is 0.124 e. The molecule has 21 heavy (non-hydrogen) atoms. The molecule has 2 aromatic carbocycles. The Hall–Kier alpha value is -2.00. The number of anilines is 1. The van der Waals surface area contributed by atoms with E-state index in [4.69, 9.17) is 15.2 Å².